The molecule has 0 spiro atoms. The van der Waals surface area contributed by atoms with Gasteiger partial charge in [-0.25, -0.2) is 9.59 Å². The fourth-order valence-corrected chi connectivity index (χ4v) is 2.75. The van der Waals surface area contributed by atoms with Gasteiger partial charge in [-0.2, -0.15) is 0 Å². The molecule has 0 aliphatic carbocycles. The number of ether oxygens (including phenoxy) is 2. The summed E-state index contributed by atoms with van der Waals surface area (Å²) in [6.45, 7) is 13.1. The third-order valence-corrected chi connectivity index (χ3v) is 4.16. The minimum atomic E-state index is -0.767. The Labute approximate surface area is 157 Å². The molecule has 0 bridgehead atoms. The molecule has 0 radical (unpaired) electrons. The van der Waals surface area contributed by atoms with Crippen molar-refractivity contribution in [1.82, 2.24) is 5.32 Å². The maximum Gasteiger partial charge on any atom is 0.408 e. The van der Waals surface area contributed by atoms with E-state index in [0.717, 1.165) is 6.42 Å². The van der Waals surface area contributed by atoms with Gasteiger partial charge in [0, 0.05) is 5.92 Å². The molecule has 26 heavy (non-hydrogen) atoms. The van der Waals surface area contributed by atoms with Gasteiger partial charge >= 0.3 is 12.1 Å². The Morgan fingerprint density at radius 1 is 1.04 bits per heavy atom. The van der Waals surface area contributed by atoms with E-state index in [1.165, 1.54) is 5.56 Å². The Morgan fingerprint density at radius 3 is 2.12 bits per heavy atom. The fourth-order valence-electron chi connectivity index (χ4n) is 2.75. The van der Waals surface area contributed by atoms with Crippen molar-refractivity contribution in [2.45, 2.75) is 72.6 Å². The topological polar surface area (TPSA) is 64.6 Å². The number of hydrogen-bond donors (Lipinski definition) is 1. The average molecular weight is 363 g/mol. The van der Waals surface area contributed by atoms with E-state index in [2.05, 4.69) is 31.3 Å². The van der Waals surface area contributed by atoms with E-state index in [0.29, 0.717) is 5.92 Å². The first-order valence-corrected chi connectivity index (χ1v) is 9.23. The number of esters is 1. The molecule has 0 saturated carbocycles. The maximum atomic E-state index is 12.3. The maximum absolute atomic E-state index is 12.3. The minimum Gasteiger partial charge on any atom is -0.461 e. The van der Waals surface area contributed by atoms with Crippen molar-refractivity contribution in [2.75, 3.05) is 0 Å². The molecule has 1 N–H and O–H groups in total. The number of benzene rings is 1. The molecule has 1 unspecified atom stereocenters. The van der Waals surface area contributed by atoms with Crippen molar-refractivity contribution in [1.29, 1.82) is 0 Å². The highest BCUT2D eigenvalue weighted by atomic mass is 16.6. The molecule has 3 atom stereocenters. The first-order chi connectivity index (χ1) is 12.0. The van der Waals surface area contributed by atoms with Gasteiger partial charge in [-0.3, -0.25) is 0 Å². The number of hydrogen-bond acceptors (Lipinski definition) is 4. The predicted molar refractivity (Wildman–Crippen MR) is 103 cm³/mol. The summed E-state index contributed by atoms with van der Waals surface area (Å²) in [7, 11) is 0. The van der Waals surface area contributed by atoms with Crippen LogP contribution in [0.15, 0.2) is 30.3 Å². The van der Waals surface area contributed by atoms with Crippen LogP contribution in [0.1, 0.15) is 54.0 Å². The quantitative estimate of drug-likeness (QED) is 0.732. The Balaban J connectivity index is 2.63. The van der Waals surface area contributed by atoms with Crippen LogP contribution in [0.2, 0.25) is 0 Å². The van der Waals surface area contributed by atoms with Crippen LogP contribution < -0.4 is 5.32 Å². The standard InChI is InChI=1S/C21H33NO4/c1-14(2)18(13-17-11-9-8-10-12-17)16(4)25-19(23)15(3)22-20(24)26-21(5,6)7/h8-12,14-16,18H,13H2,1-7H3,(H,22,24)/t15?,16-,18+/m0/s1. The number of carbonyl (C=O) groups excluding carboxylic acids is 2. The third-order valence-electron chi connectivity index (χ3n) is 4.16. The molecular formula is C21H33NO4. The van der Waals surface area contributed by atoms with Crippen molar-refractivity contribution in [2.24, 2.45) is 11.8 Å². The normalized spacial score (nSPS) is 15.1. The van der Waals surface area contributed by atoms with Crippen molar-refractivity contribution < 1.29 is 19.1 Å². The monoisotopic (exact) mass is 363 g/mol. The van der Waals surface area contributed by atoms with Gasteiger partial charge < -0.3 is 14.8 Å². The Kier molecular flexibility index (Phi) is 8.12. The molecule has 1 amide bonds. The summed E-state index contributed by atoms with van der Waals surface area (Å²) in [5, 5.41) is 2.52. The van der Waals surface area contributed by atoms with Gasteiger partial charge in [0.15, 0.2) is 0 Å². The van der Waals surface area contributed by atoms with E-state index in [4.69, 9.17) is 9.47 Å². The van der Waals surface area contributed by atoms with Crippen molar-refractivity contribution >= 4 is 12.1 Å². The molecule has 1 rings (SSSR count). The summed E-state index contributed by atoms with van der Waals surface area (Å²) in [6.07, 6.45) is -0.0502. The molecule has 0 aromatic heterocycles. The smallest absolute Gasteiger partial charge is 0.408 e. The van der Waals surface area contributed by atoms with Gasteiger partial charge in [0.25, 0.3) is 0 Å². The van der Waals surface area contributed by atoms with Gasteiger partial charge in [-0.1, -0.05) is 44.2 Å². The van der Waals surface area contributed by atoms with Crippen LogP contribution in [0, 0.1) is 11.8 Å². The molecule has 146 valence electrons. The molecule has 0 aliphatic rings. The van der Waals surface area contributed by atoms with Crippen molar-refractivity contribution in [3.8, 4) is 0 Å². The summed E-state index contributed by atoms with van der Waals surface area (Å²) < 4.78 is 10.8. The van der Waals surface area contributed by atoms with Crippen LogP contribution in [0.25, 0.3) is 0 Å². The van der Waals surface area contributed by atoms with E-state index >= 15 is 0 Å². The zero-order chi connectivity index (χ0) is 19.9. The highest BCUT2D eigenvalue weighted by Crippen LogP contribution is 2.23. The second-order valence-corrected chi connectivity index (χ2v) is 8.11. The van der Waals surface area contributed by atoms with Crippen molar-refractivity contribution in [3.63, 3.8) is 0 Å². The summed E-state index contributed by atoms with van der Waals surface area (Å²) in [6, 6.07) is 9.40. The number of amides is 1. The summed E-state index contributed by atoms with van der Waals surface area (Å²) in [5.74, 6) is 0.0873. The molecule has 0 fully saturated rings. The summed E-state index contributed by atoms with van der Waals surface area (Å²) in [5.41, 5.74) is 0.605. The SMILES string of the molecule is CC(NC(=O)OC(C)(C)C)C(=O)O[C@@H](C)[C@H](Cc1ccccc1)C(C)C. The molecule has 1 aromatic rings. The summed E-state index contributed by atoms with van der Waals surface area (Å²) in [4.78, 5) is 24.1. The van der Waals surface area contributed by atoms with E-state index < -0.39 is 23.7 Å². The van der Waals surface area contributed by atoms with E-state index in [-0.39, 0.29) is 12.0 Å². The lowest BCUT2D eigenvalue weighted by Crippen LogP contribution is -2.44. The Hall–Kier alpha value is -2.04. The average Bonchev–Trinajstić information content (AvgIpc) is 2.51. The second kappa shape index (κ2) is 9.60. The number of alkyl carbamates (subject to hydrolysis) is 1. The van der Waals surface area contributed by atoms with Gasteiger partial charge in [0.1, 0.15) is 17.7 Å². The van der Waals surface area contributed by atoms with E-state index in [9.17, 15) is 9.59 Å². The lowest BCUT2D eigenvalue weighted by atomic mass is 9.85. The van der Waals surface area contributed by atoms with Crippen LogP contribution in [0.3, 0.4) is 0 Å². The molecular weight excluding hydrogens is 330 g/mol. The zero-order valence-electron chi connectivity index (χ0n) is 17.0. The number of rotatable bonds is 7. The molecule has 5 nitrogen and oxygen atoms in total. The van der Waals surface area contributed by atoms with Crippen LogP contribution in [-0.2, 0) is 20.7 Å². The molecule has 1 aromatic carbocycles. The highest BCUT2D eigenvalue weighted by molar-refractivity contribution is 5.81. The Morgan fingerprint density at radius 2 is 1.62 bits per heavy atom. The van der Waals surface area contributed by atoms with Gasteiger partial charge in [0.2, 0.25) is 0 Å². The van der Waals surface area contributed by atoms with Crippen molar-refractivity contribution in [3.05, 3.63) is 35.9 Å². The van der Waals surface area contributed by atoms with Crippen LogP contribution in [0.5, 0.6) is 0 Å². The lowest BCUT2D eigenvalue weighted by Gasteiger charge is -2.29. The molecule has 0 heterocycles. The minimum absolute atomic E-state index is 0.190. The van der Waals surface area contributed by atoms with E-state index in [1.54, 1.807) is 27.7 Å². The Bertz CT molecular complexity index is 577. The van der Waals surface area contributed by atoms with Gasteiger partial charge in [-0.05, 0) is 52.5 Å². The molecule has 5 heteroatoms. The highest BCUT2D eigenvalue weighted by Gasteiger charge is 2.28. The number of carbonyl (C=O) groups is 2. The second-order valence-electron chi connectivity index (χ2n) is 8.11. The lowest BCUT2D eigenvalue weighted by molar-refractivity contribution is -0.153. The summed E-state index contributed by atoms with van der Waals surface area (Å²) >= 11 is 0. The van der Waals surface area contributed by atoms with Gasteiger partial charge in [0.05, 0.1) is 0 Å². The van der Waals surface area contributed by atoms with Gasteiger partial charge in [-0.15, -0.1) is 0 Å². The molecule has 0 saturated heterocycles. The predicted octanol–water partition coefficient (Wildman–Crippen LogP) is 4.35. The van der Waals surface area contributed by atoms with Crippen LogP contribution >= 0.6 is 0 Å². The third kappa shape index (κ3) is 7.89. The van der Waals surface area contributed by atoms with Crippen LogP contribution in [0.4, 0.5) is 4.79 Å². The zero-order valence-corrected chi connectivity index (χ0v) is 17.0. The number of nitrogens with one attached hydrogen (secondary N) is 1. The first kappa shape index (κ1) is 22.0. The first-order valence-electron chi connectivity index (χ1n) is 9.23. The fraction of sp³-hybridized carbons (Fsp3) is 0.619. The molecule has 0 aliphatic heterocycles. The van der Waals surface area contributed by atoms with E-state index in [1.807, 2.05) is 25.1 Å². The van der Waals surface area contributed by atoms with Crippen LogP contribution in [-0.4, -0.2) is 29.8 Å². The largest absolute Gasteiger partial charge is 0.461 e.